The van der Waals surface area contributed by atoms with Gasteiger partial charge in [-0.25, -0.2) is 0 Å². The average Bonchev–Trinajstić information content (AvgIpc) is 2.50. The second-order valence-corrected chi connectivity index (χ2v) is 7.58. The van der Waals surface area contributed by atoms with Gasteiger partial charge < -0.3 is 4.90 Å². The molecule has 0 atom stereocenters. The molecule has 0 aliphatic carbocycles. The van der Waals surface area contributed by atoms with Gasteiger partial charge >= 0.3 is 0 Å². The Kier molecular flexibility index (Phi) is 5.29. The van der Waals surface area contributed by atoms with Gasteiger partial charge in [0.05, 0.1) is 3.79 Å². The standard InChI is InChI=1S/C11H17Br2NS/c1-11(2,7-12)8-14(3)5-9-4-10(13)15-6-9/h4,6H,5,7-8H2,1-3H3. The van der Waals surface area contributed by atoms with Gasteiger partial charge in [-0.2, -0.15) is 0 Å². The monoisotopic (exact) mass is 353 g/mol. The lowest BCUT2D eigenvalue weighted by Crippen LogP contribution is -2.31. The molecule has 0 fully saturated rings. The molecule has 15 heavy (non-hydrogen) atoms. The minimum atomic E-state index is 0.335. The van der Waals surface area contributed by atoms with E-state index in [4.69, 9.17) is 0 Å². The van der Waals surface area contributed by atoms with Crippen molar-refractivity contribution in [2.75, 3.05) is 18.9 Å². The van der Waals surface area contributed by atoms with Crippen LogP contribution in [0.1, 0.15) is 19.4 Å². The van der Waals surface area contributed by atoms with Gasteiger partial charge in [0.25, 0.3) is 0 Å². The van der Waals surface area contributed by atoms with Crippen LogP contribution in [0.4, 0.5) is 0 Å². The van der Waals surface area contributed by atoms with Crippen LogP contribution in [0, 0.1) is 5.41 Å². The number of hydrogen-bond acceptors (Lipinski definition) is 2. The van der Waals surface area contributed by atoms with Gasteiger partial charge in [-0.3, -0.25) is 0 Å². The fourth-order valence-corrected chi connectivity index (χ4v) is 2.95. The van der Waals surface area contributed by atoms with Crippen molar-refractivity contribution < 1.29 is 0 Å². The number of rotatable bonds is 5. The van der Waals surface area contributed by atoms with E-state index in [1.807, 2.05) is 0 Å². The second-order valence-electron chi connectivity index (χ2n) is 4.73. The van der Waals surface area contributed by atoms with Crippen LogP contribution < -0.4 is 0 Å². The van der Waals surface area contributed by atoms with Crippen molar-refractivity contribution in [2.45, 2.75) is 20.4 Å². The fourth-order valence-electron chi connectivity index (χ4n) is 1.57. The Hall–Kier alpha value is 0.620. The van der Waals surface area contributed by atoms with Crippen LogP contribution >= 0.6 is 43.2 Å². The third kappa shape index (κ3) is 4.98. The predicted octanol–water partition coefficient (Wildman–Crippen LogP) is 4.36. The Morgan fingerprint density at radius 2 is 2.13 bits per heavy atom. The van der Waals surface area contributed by atoms with Crippen LogP contribution in [-0.4, -0.2) is 23.8 Å². The van der Waals surface area contributed by atoms with Gasteiger partial charge in [-0.15, -0.1) is 11.3 Å². The van der Waals surface area contributed by atoms with Crippen molar-refractivity contribution in [3.63, 3.8) is 0 Å². The molecule has 0 radical (unpaired) electrons. The zero-order valence-corrected chi connectivity index (χ0v) is 13.4. The molecule has 1 aromatic heterocycles. The van der Waals surface area contributed by atoms with Crippen LogP contribution in [0.2, 0.25) is 0 Å². The smallest absolute Gasteiger partial charge is 0.0701 e. The molecule has 1 rings (SSSR count). The van der Waals surface area contributed by atoms with Gasteiger partial charge in [-0.05, 0) is 45.4 Å². The molecular weight excluding hydrogens is 338 g/mol. The van der Waals surface area contributed by atoms with E-state index < -0.39 is 0 Å². The highest BCUT2D eigenvalue weighted by atomic mass is 79.9. The van der Waals surface area contributed by atoms with Gasteiger partial charge in [-0.1, -0.05) is 29.8 Å². The molecule has 0 N–H and O–H groups in total. The summed E-state index contributed by atoms with van der Waals surface area (Å²) < 4.78 is 1.21. The van der Waals surface area contributed by atoms with Crippen LogP contribution in [0.15, 0.2) is 15.2 Å². The molecule has 4 heteroatoms. The normalized spacial score (nSPS) is 12.4. The van der Waals surface area contributed by atoms with E-state index in [9.17, 15) is 0 Å². The zero-order chi connectivity index (χ0) is 11.5. The van der Waals surface area contributed by atoms with E-state index in [-0.39, 0.29) is 0 Å². The minimum absolute atomic E-state index is 0.335. The highest BCUT2D eigenvalue weighted by molar-refractivity contribution is 9.11. The highest BCUT2D eigenvalue weighted by Gasteiger charge is 2.18. The number of halogens is 2. The summed E-state index contributed by atoms with van der Waals surface area (Å²) in [6.45, 7) is 6.69. The molecule has 0 saturated heterocycles. The lowest BCUT2D eigenvalue weighted by Gasteiger charge is -2.28. The summed E-state index contributed by atoms with van der Waals surface area (Å²) in [6, 6.07) is 2.20. The molecule has 0 unspecified atom stereocenters. The molecule has 0 spiro atoms. The first-order valence-corrected chi connectivity index (χ1v) is 7.70. The van der Waals surface area contributed by atoms with Gasteiger partial charge in [0.1, 0.15) is 0 Å². The summed E-state index contributed by atoms with van der Waals surface area (Å²) in [5.74, 6) is 0. The first-order chi connectivity index (χ1) is 6.93. The molecule has 0 bridgehead atoms. The molecule has 86 valence electrons. The quantitative estimate of drug-likeness (QED) is 0.710. The maximum Gasteiger partial charge on any atom is 0.0701 e. The fraction of sp³-hybridized carbons (Fsp3) is 0.636. The molecule has 0 aliphatic rings. The Labute approximate surface area is 113 Å². The van der Waals surface area contributed by atoms with Gasteiger partial charge in [0, 0.05) is 18.4 Å². The molecule has 0 saturated carbocycles. The maximum absolute atomic E-state index is 3.56. The van der Waals surface area contributed by atoms with Crippen LogP contribution in [0.25, 0.3) is 0 Å². The van der Waals surface area contributed by atoms with Crippen LogP contribution in [0.5, 0.6) is 0 Å². The van der Waals surface area contributed by atoms with E-state index in [2.05, 4.69) is 69.1 Å². The lowest BCUT2D eigenvalue weighted by atomic mass is 9.96. The second kappa shape index (κ2) is 5.80. The minimum Gasteiger partial charge on any atom is -0.302 e. The van der Waals surface area contributed by atoms with E-state index in [1.165, 1.54) is 9.35 Å². The van der Waals surface area contributed by atoms with E-state index in [0.29, 0.717) is 5.41 Å². The summed E-state index contributed by atoms with van der Waals surface area (Å²) in [7, 11) is 2.18. The van der Waals surface area contributed by atoms with E-state index in [1.54, 1.807) is 11.3 Å². The van der Waals surface area contributed by atoms with Crippen molar-refractivity contribution in [2.24, 2.45) is 5.41 Å². The van der Waals surface area contributed by atoms with Gasteiger partial charge in [0.15, 0.2) is 0 Å². The first kappa shape index (κ1) is 13.7. The van der Waals surface area contributed by atoms with Gasteiger partial charge in [0.2, 0.25) is 0 Å². The van der Waals surface area contributed by atoms with Crippen molar-refractivity contribution in [3.05, 3.63) is 20.8 Å². The molecule has 0 aliphatic heterocycles. The molecule has 1 nitrogen and oxygen atoms in total. The third-order valence-corrected chi connectivity index (χ3v) is 5.21. The summed E-state index contributed by atoms with van der Waals surface area (Å²) in [5.41, 5.74) is 1.72. The largest absolute Gasteiger partial charge is 0.302 e. The molecule has 1 heterocycles. The maximum atomic E-state index is 3.56. The Morgan fingerprint density at radius 1 is 1.47 bits per heavy atom. The molecular formula is C11H17Br2NS. The van der Waals surface area contributed by atoms with Crippen LogP contribution in [-0.2, 0) is 6.54 Å². The summed E-state index contributed by atoms with van der Waals surface area (Å²) in [5, 5.41) is 3.25. The lowest BCUT2D eigenvalue weighted by molar-refractivity contribution is 0.226. The van der Waals surface area contributed by atoms with Crippen molar-refractivity contribution in [1.29, 1.82) is 0 Å². The molecule has 1 aromatic rings. The van der Waals surface area contributed by atoms with Crippen molar-refractivity contribution >= 4 is 43.2 Å². The first-order valence-electron chi connectivity index (χ1n) is 4.90. The number of thiophene rings is 1. The Balaban J connectivity index is 2.46. The SMILES string of the molecule is CN(Cc1csc(Br)c1)CC(C)(C)CBr. The number of hydrogen-bond donors (Lipinski definition) is 0. The topological polar surface area (TPSA) is 3.24 Å². The van der Waals surface area contributed by atoms with E-state index in [0.717, 1.165) is 18.4 Å². The third-order valence-electron chi connectivity index (χ3n) is 2.13. The van der Waals surface area contributed by atoms with Crippen molar-refractivity contribution in [3.8, 4) is 0 Å². The highest BCUT2D eigenvalue weighted by Crippen LogP contribution is 2.23. The number of nitrogens with zero attached hydrogens (tertiary/aromatic N) is 1. The summed E-state index contributed by atoms with van der Waals surface area (Å²) in [4.78, 5) is 2.37. The average molecular weight is 355 g/mol. The van der Waals surface area contributed by atoms with E-state index >= 15 is 0 Å². The Bertz CT molecular complexity index is 309. The molecule has 0 amide bonds. The Morgan fingerprint density at radius 3 is 2.60 bits per heavy atom. The summed E-state index contributed by atoms with van der Waals surface area (Å²) in [6.07, 6.45) is 0. The van der Waals surface area contributed by atoms with Crippen LogP contribution in [0.3, 0.4) is 0 Å². The van der Waals surface area contributed by atoms with Crippen molar-refractivity contribution in [1.82, 2.24) is 4.90 Å². The predicted molar refractivity (Wildman–Crippen MR) is 75.9 cm³/mol. The molecule has 0 aromatic carbocycles. The zero-order valence-electron chi connectivity index (χ0n) is 9.39. The number of alkyl halides is 1. The summed E-state index contributed by atoms with van der Waals surface area (Å²) >= 11 is 8.80.